The van der Waals surface area contributed by atoms with Gasteiger partial charge in [0.1, 0.15) is 0 Å². The molecule has 1 atom stereocenters. The lowest BCUT2D eigenvalue weighted by molar-refractivity contribution is -0.138. The summed E-state index contributed by atoms with van der Waals surface area (Å²) in [4.78, 5) is 35.2. The Labute approximate surface area is 113 Å². The van der Waals surface area contributed by atoms with Crippen LogP contribution in [0.5, 0.6) is 0 Å². The third-order valence-corrected chi connectivity index (χ3v) is 2.73. The van der Waals surface area contributed by atoms with Crippen LogP contribution in [-0.4, -0.2) is 41.8 Å². The van der Waals surface area contributed by atoms with Crippen LogP contribution in [0.1, 0.15) is 32.6 Å². The molecule has 1 fully saturated rings. The zero-order valence-electron chi connectivity index (χ0n) is 10.5. The number of imide groups is 1. The molecule has 7 heteroatoms. The van der Waals surface area contributed by atoms with Crippen molar-refractivity contribution in [2.75, 3.05) is 13.1 Å². The van der Waals surface area contributed by atoms with Crippen LogP contribution in [0.2, 0.25) is 0 Å². The van der Waals surface area contributed by atoms with Crippen LogP contribution >= 0.6 is 12.4 Å². The Kier molecular flexibility index (Phi) is 7.54. The first-order chi connectivity index (χ1) is 8.06. The quantitative estimate of drug-likeness (QED) is 0.658. The summed E-state index contributed by atoms with van der Waals surface area (Å²) in [6.45, 7) is 2.46. The van der Waals surface area contributed by atoms with Gasteiger partial charge in [0, 0.05) is 25.9 Å². The summed E-state index contributed by atoms with van der Waals surface area (Å²) in [7, 11) is 0. The Morgan fingerprint density at radius 3 is 2.44 bits per heavy atom. The number of nitrogens with zero attached hydrogens (tertiary/aromatic N) is 1. The summed E-state index contributed by atoms with van der Waals surface area (Å²) in [6, 6.07) is -0.509. The molecular formula is C11H20ClN3O3. The summed E-state index contributed by atoms with van der Waals surface area (Å²) >= 11 is 0. The highest BCUT2D eigenvalue weighted by molar-refractivity contribution is 6.01. The first-order valence-electron chi connectivity index (χ1n) is 5.92. The molecule has 0 aromatic carbocycles. The van der Waals surface area contributed by atoms with E-state index in [1.165, 1.54) is 4.90 Å². The first-order valence-corrected chi connectivity index (χ1v) is 5.92. The summed E-state index contributed by atoms with van der Waals surface area (Å²) in [5.74, 6) is -0.560. The third kappa shape index (κ3) is 4.62. The van der Waals surface area contributed by atoms with E-state index in [4.69, 9.17) is 5.73 Å². The fourth-order valence-corrected chi connectivity index (χ4v) is 1.74. The number of likely N-dealkylation sites (tertiary alicyclic amines) is 1. The van der Waals surface area contributed by atoms with Gasteiger partial charge >= 0.3 is 0 Å². The van der Waals surface area contributed by atoms with Gasteiger partial charge in [-0.3, -0.25) is 19.3 Å². The smallest absolute Gasteiger partial charge is 0.236 e. The number of rotatable bonds is 6. The van der Waals surface area contributed by atoms with Gasteiger partial charge in [0.25, 0.3) is 0 Å². The second kappa shape index (κ2) is 8.05. The van der Waals surface area contributed by atoms with E-state index in [9.17, 15) is 14.4 Å². The van der Waals surface area contributed by atoms with Gasteiger partial charge < -0.3 is 11.1 Å². The lowest BCUT2D eigenvalue weighted by Crippen LogP contribution is -2.44. The molecule has 0 aromatic heterocycles. The summed E-state index contributed by atoms with van der Waals surface area (Å²) < 4.78 is 0. The van der Waals surface area contributed by atoms with Gasteiger partial charge in [0.2, 0.25) is 17.7 Å². The SMILES string of the molecule is CCCC(N)C(=O)NCCN1C(=O)CCC1=O.Cl. The van der Waals surface area contributed by atoms with Crippen LogP contribution in [0, 0.1) is 0 Å². The number of hydrogen-bond donors (Lipinski definition) is 2. The van der Waals surface area contributed by atoms with Crippen LogP contribution in [0.15, 0.2) is 0 Å². The van der Waals surface area contributed by atoms with E-state index in [2.05, 4.69) is 5.32 Å². The van der Waals surface area contributed by atoms with Gasteiger partial charge in [0.05, 0.1) is 6.04 Å². The van der Waals surface area contributed by atoms with Gasteiger partial charge in [-0.25, -0.2) is 0 Å². The average Bonchev–Trinajstić information content (AvgIpc) is 2.60. The molecule has 3 N–H and O–H groups in total. The number of nitrogens with one attached hydrogen (secondary N) is 1. The van der Waals surface area contributed by atoms with Crippen molar-refractivity contribution >= 4 is 30.1 Å². The van der Waals surface area contributed by atoms with E-state index in [0.29, 0.717) is 6.42 Å². The Morgan fingerprint density at radius 2 is 1.94 bits per heavy atom. The molecule has 0 aliphatic carbocycles. The van der Waals surface area contributed by atoms with Gasteiger partial charge in [-0.1, -0.05) is 13.3 Å². The molecule has 1 rings (SSSR count). The van der Waals surface area contributed by atoms with Crippen molar-refractivity contribution in [3.8, 4) is 0 Å². The highest BCUT2D eigenvalue weighted by atomic mass is 35.5. The average molecular weight is 278 g/mol. The van der Waals surface area contributed by atoms with Gasteiger partial charge in [-0.05, 0) is 6.42 Å². The predicted octanol–water partition coefficient (Wildman–Crippen LogP) is -0.199. The number of hydrogen-bond acceptors (Lipinski definition) is 4. The molecule has 0 aromatic rings. The minimum atomic E-state index is -0.509. The van der Waals surface area contributed by atoms with Crippen molar-refractivity contribution in [3.63, 3.8) is 0 Å². The minimum absolute atomic E-state index is 0. The second-order valence-electron chi connectivity index (χ2n) is 4.13. The van der Waals surface area contributed by atoms with E-state index in [1.54, 1.807) is 0 Å². The van der Waals surface area contributed by atoms with Crippen LogP contribution in [0.4, 0.5) is 0 Å². The maximum atomic E-state index is 11.4. The standard InChI is InChI=1S/C11H19N3O3.ClH/c1-2-3-8(12)11(17)13-6-7-14-9(15)4-5-10(14)16;/h8H,2-7,12H2,1H3,(H,13,17);1H. The van der Waals surface area contributed by atoms with E-state index in [-0.39, 0.29) is 56.1 Å². The van der Waals surface area contributed by atoms with Crippen molar-refractivity contribution < 1.29 is 14.4 Å². The van der Waals surface area contributed by atoms with Gasteiger partial charge in [-0.15, -0.1) is 12.4 Å². The molecule has 0 radical (unpaired) electrons. The molecule has 1 aliphatic rings. The zero-order chi connectivity index (χ0) is 12.8. The van der Waals surface area contributed by atoms with Gasteiger partial charge in [-0.2, -0.15) is 0 Å². The topological polar surface area (TPSA) is 92.5 Å². The van der Waals surface area contributed by atoms with E-state index >= 15 is 0 Å². The normalized spacial score (nSPS) is 16.4. The van der Waals surface area contributed by atoms with Crippen molar-refractivity contribution in [1.82, 2.24) is 10.2 Å². The van der Waals surface area contributed by atoms with E-state index < -0.39 is 6.04 Å². The number of halogens is 1. The molecule has 18 heavy (non-hydrogen) atoms. The van der Waals surface area contributed by atoms with Crippen LogP contribution in [0.3, 0.4) is 0 Å². The Hall–Kier alpha value is -1.14. The lowest BCUT2D eigenvalue weighted by Gasteiger charge is -2.15. The van der Waals surface area contributed by atoms with Crippen LogP contribution in [-0.2, 0) is 14.4 Å². The molecule has 3 amide bonds. The first kappa shape index (κ1) is 16.9. The highest BCUT2D eigenvalue weighted by Crippen LogP contribution is 2.10. The van der Waals surface area contributed by atoms with Crippen molar-refractivity contribution in [2.45, 2.75) is 38.6 Å². The second-order valence-corrected chi connectivity index (χ2v) is 4.13. The molecular weight excluding hydrogens is 258 g/mol. The van der Waals surface area contributed by atoms with Crippen molar-refractivity contribution in [2.24, 2.45) is 5.73 Å². The van der Waals surface area contributed by atoms with Crippen LogP contribution in [0.25, 0.3) is 0 Å². The fourth-order valence-electron chi connectivity index (χ4n) is 1.74. The van der Waals surface area contributed by atoms with Crippen molar-refractivity contribution in [3.05, 3.63) is 0 Å². The van der Waals surface area contributed by atoms with Crippen molar-refractivity contribution in [1.29, 1.82) is 0 Å². The molecule has 0 bridgehead atoms. The Morgan fingerprint density at radius 1 is 1.39 bits per heavy atom. The zero-order valence-corrected chi connectivity index (χ0v) is 11.3. The largest absolute Gasteiger partial charge is 0.353 e. The summed E-state index contributed by atoms with van der Waals surface area (Å²) in [6.07, 6.45) is 2.04. The van der Waals surface area contributed by atoms with E-state index in [1.807, 2.05) is 6.92 Å². The molecule has 1 heterocycles. The van der Waals surface area contributed by atoms with Crippen LogP contribution < -0.4 is 11.1 Å². The lowest BCUT2D eigenvalue weighted by atomic mass is 10.2. The molecule has 0 saturated carbocycles. The number of nitrogens with two attached hydrogens (primary N) is 1. The monoisotopic (exact) mass is 277 g/mol. The van der Waals surface area contributed by atoms with E-state index in [0.717, 1.165) is 6.42 Å². The van der Waals surface area contributed by atoms with Gasteiger partial charge in [0.15, 0.2) is 0 Å². The Bertz CT molecular complexity index is 307. The Balaban J connectivity index is 0.00000289. The minimum Gasteiger partial charge on any atom is -0.353 e. The molecule has 1 saturated heterocycles. The predicted molar refractivity (Wildman–Crippen MR) is 69.1 cm³/mol. The number of amides is 3. The maximum absolute atomic E-state index is 11.4. The third-order valence-electron chi connectivity index (χ3n) is 2.73. The molecule has 104 valence electrons. The molecule has 6 nitrogen and oxygen atoms in total. The molecule has 0 spiro atoms. The summed E-state index contributed by atoms with van der Waals surface area (Å²) in [5.41, 5.74) is 5.62. The molecule has 1 aliphatic heterocycles. The highest BCUT2D eigenvalue weighted by Gasteiger charge is 2.28. The number of carbonyl (C=O) groups excluding carboxylic acids is 3. The maximum Gasteiger partial charge on any atom is 0.236 e. The molecule has 1 unspecified atom stereocenters. The fraction of sp³-hybridized carbons (Fsp3) is 0.727. The number of carbonyl (C=O) groups is 3. The summed E-state index contributed by atoms with van der Waals surface area (Å²) in [5, 5.41) is 2.63.